The summed E-state index contributed by atoms with van der Waals surface area (Å²) in [7, 11) is 1.62. The number of benzene rings is 2. The summed E-state index contributed by atoms with van der Waals surface area (Å²) in [4.78, 5) is 21.1. The highest BCUT2D eigenvalue weighted by molar-refractivity contribution is 7.98. The number of thioether (sulfide) groups is 1. The molecule has 2 aromatic carbocycles. The van der Waals surface area contributed by atoms with E-state index in [1.54, 1.807) is 47.2 Å². The van der Waals surface area contributed by atoms with E-state index in [0.29, 0.717) is 17.2 Å². The quantitative estimate of drug-likeness (QED) is 0.540. The molecule has 7 heteroatoms. The van der Waals surface area contributed by atoms with Crippen LogP contribution in [0.4, 0.5) is 5.13 Å². The van der Waals surface area contributed by atoms with E-state index in [1.807, 2.05) is 24.5 Å². The van der Waals surface area contributed by atoms with Gasteiger partial charge in [-0.05, 0) is 55.5 Å². The van der Waals surface area contributed by atoms with E-state index in [-0.39, 0.29) is 12.0 Å². The number of thiazole rings is 1. The lowest BCUT2D eigenvalue weighted by Gasteiger charge is -2.23. The van der Waals surface area contributed by atoms with Crippen LogP contribution >= 0.6 is 23.1 Å². The van der Waals surface area contributed by atoms with Gasteiger partial charge < -0.3 is 9.47 Å². The van der Waals surface area contributed by atoms with Crippen molar-refractivity contribution in [3.05, 3.63) is 48.0 Å². The number of aromatic nitrogens is 1. The lowest BCUT2D eigenvalue weighted by Crippen LogP contribution is -2.37. The van der Waals surface area contributed by atoms with Gasteiger partial charge in [0.1, 0.15) is 5.75 Å². The highest BCUT2D eigenvalue weighted by Gasteiger charge is 2.27. The number of rotatable bonds is 6. The number of nitrogens with zero attached hydrogens (tertiary/aromatic N) is 2. The van der Waals surface area contributed by atoms with Crippen LogP contribution < -0.4 is 9.64 Å². The Balaban J connectivity index is 1.71. The van der Waals surface area contributed by atoms with Gasteiger partial charge in [0.2, 0.25) is 0 Å². The zero-order valence-corrected chi connectivity index (χ0v) is 17.5. The molecule has 1 saturated heterocycles. The number of fused-ring (bicyclic) bond motifs is 1. The second-order valence-electron chi connectivity index (χ2n) is 6.58. The Hall–Kier alpha value is -2.09. The van der Waals surface area contributed by atoms with Crippen LogP contribution in [-0.4, -0.2) is 43.5 Å². The Morgan fingerprint density at radius 1 is 1.32 bits per heavy atom. The molecular weight excluding hydrogens is 392 g/mol. The summed E-state index contributed by atoms with van der Waals surface area (Å²) in [6.07, 6.45) is 4.09. The highest BCUT2D eigenvalue weighted by Crippen LogP contribution is 2.35. The second kappa shape index (κ2) is 8.51. The number of carbonyl (C=O) groups excluding carboxylic acids is 1. The molecule has 1 aromatic heterocycles. The predicted octanol–water partition coefficient (Wildman–Crippen LogP) is 4.85. The maximum absolute atomic E-state index is 13.4. The third-order valence-electron chi connectivity index (χ3n) is 4.81. The molecule has 5 nitrogen and oxygen atoms in total. The molecule has 1 atom stereocenters. The fraction of sp³-hybridized carbons (Fsp3) is 0.333. The fourth-order valence-electron chi connectivity index (χ4n) is 3.32. The number of ether oxygens (including phenoxy) is 2. The highest BCUT2D eigenvalue weighted by atomic mass is 32.2. The van der Waals surface area contributed by atoms with Crippen molar-refractivity contribution in [3.8, 4) is 5.75 Å². The summed E-state index contributed by atoms with van der Waals surface area (Å²) >= 11 is 3.22. The monoisotopic (exact) mass is 414 g/mol. The van der Waals surface area contributed by atoms with Crippen molar-refractivity contribution in [3.63, 3.8) is 0 Å². The molecule has 0 aliphatic carbocycles. The molecule has 0 unspecified atom stereocenters. The average molecular weight is 415 g/mol. The summed E-state index contributed by atoms with van der Waals surface area (Å²) in [5.74, 6) is 0.662. The first-order chi connectivity index (χ1) is 13.7. The smallest absolute Gasteiger partial charge is 0.260 e. The van der Waals surface area contributed by atoms with Crippen LogP contribution in [0.3, 0.4) is 0 Å². The Morgan fingerprint density at radius 2 is 2.14 bits per heavy atom. The number of hydrogen-bond acceptors (Lipinski definition) is 6. The van der Waals surface area contributed by atoms with Gasteiger partial charge >= 0.3 is 0 Å². The first-order valence-electron chi connectivity index (χ1n) is 9.20. The third kappa shape index (κ3) is 3.87. The Bertz CT molecular complexity index is 965. The molecule has 1 amide bonds. The van der Waals surface area contributed by atoms with Gasteiger partial charge in [-0.3, -0.25) is 9.69 Å². The standard InChI is InChI=1S/C21H22N2O3S2/c1-25-15-10-8-14(9-11-15)20(24)23(13-16-5-4-12-26-16)21-22-19-17(27-2)6-3-7-18(19)28-21/h3,6-11,16H,4-5,12-13H2,1-2H3/t16-/m1/s1. The molecule has 146 valence electrons. The van der Waals surface area contributed by atoms with E-state index in [2.05, 4.69) is 12.1 Å². The van der Waals surface area contributed by atoms with Crippen molar-refractivity contribution in [2.75, 3.05) is 31.4 Å². The predicted molar refractivity (Wildman–Crippen MR) is 115 cm³/mol. The van der Waals surface area contributed by atoms with Gasteiger partial charge in [-0.25, -0.2) is 4.98 Å². The first-order valence-corrected chi connectivity index (χ1v) is 11.2. The maximum Gasteiger partial charge on any atom is 0.260 e. The van der Waals surface area contributed by atoms with Crippen LogP contribution in [0.15, 0.2) is 47.4 Å². The van der Waals surface area contributed by atoms with E-state index < -0.39 is 0 Å². The summed E-state index contributed by atoms with van der Waals surface area (Å²) in [6, 6.07) is 13.4. The first kappa shape index (κ1) is 19.2. The van der Waals surface area contributed by atoms with Crippen LogP contribution in [0, 0.1) is 0 Å². The summed E-state index contributed by atoms with van der Waals surface area (Å²) < 4.78 is 12.1. The number of carbonyl (C=O) groups is 1. The van der Waals surface area contributed by atoms with Crippen LogP contribution in [0.1, 0.15) is 23.2 Å². The van der Waals surface area contributed by atoms with E-state index >= 15 is 0 Å². The lowest BCUT2D eigenvalue weighted by atomic mass is 10.1. The Labute approximate surface area is 172 Å². The lowest BCUT2D eigenvalue weighted by molar-refractivity contribution is 0.0917. The van der Waals surface area contributed by atoms with Crippen LogP contribution in [0.5, 0.6) is 5.75 Å². The van der Waals surface area contributed by atoms with Crippen LogP contribution in [0.25, 0.3) is 10.2 Å². The van der Waals surface area contributed by atoms with E-state index in [4.69, 9.17) is 14.5 Å². The van der Waals surface area contributed by atoms with Crippen LogP contribution in [-0.2, 0) is 4.74 Å². The zero-order chi connectivity index (χ0) is 19.5. The molecule has 0 radical (unpaired) electrons. The normalized spacial score (nSPS) is 16.4. The van der Waals surface area contributed by atoms with Gasteiger partial charge in [-0.2, -0.15) is 0 Å². The van der Waals surface area contributed by atoms with Crippen molar-refractivity contribution in [2.24, 2.45) is 0 Å². The Kier molecular flexibility index (Phi) is 5.85. The molecule has 1 fully saturated rings. The van der Waals surface area contributed by atoms with Crippen molar-refractivity contribution in [1.82, 2.24) is 4.98 Å². The Morgan fingerprint density at radius 3 is 2.82 bits per heavy atom. The van der Waals surface area contributed by atoms with Crippen LogP contribution in [0.2, 0.25) is 0 Å². The summed E-state index contributed by atoms with van der Waals surface area (Å²) in [6.45, 7) is 1.27. The van der Waals surface area contributed by atoms with E-state index in [9.17, 15) is 4.79 Å². The topological polar surface area (TPSA) is 51.7 Å². The molecule has 0 spiro atoms. The minimum absolute atomic E-state index is 0.0502. The van der Waals surface area contributed by atoms with Crippen molar-refractivity contribution >= 4 is 44.4 Å². The van der Waals surface area contributed by atoms with Crippen molar-refractivity contribution in [2.45, 2.75) is 23.8 Å². The number of amides is 1. The molecule has 0 bridgehead atoms. The third-order valence-corrected chi connectivity index (χ3v) is 6.63. The van der Waals surface area contributed by atoms with Gasteiger partial charge in [-0.1, -0.05) is 17.4 Å². The van der Waals surface area contributed by atoms with E-state index in [1.165, 1.54) is 0 Å². The van der Waals surface area contributed by atoms with E-state index in [0.717, 1.165) is 40.3 Å². The molecule has 1 aliphatic heterocycles. The number of para-hydroxylation sites is 1. The number of hydrogen-bond donors (Lipinski definition) is 0. The average Bonchev–Trinajstić information content (AvgIpc) is 3.40. The molecule has 28 heavy (non-hydrogen) atoms. The molecule has 3 aromatic rings. The summed E-state index contributed by atoms with van der Waals surface area (Å²) in [5.41, 5.74) is 1.57. The molecule has 2 heterocycles. The van der Waals surface area contributed by atoms with Gasteiger partial charge in [0.05, 0.1) is 30.0 Å². The SMILES string of the molecule is COc1ccc(C(=O)N(C[C@H]2CCCO2)c2nc3c(SC)cccc3s2)cc1. The molecule has 0 saturated carbocycles. The second-order valence-corrected chi connectivity index (χ2v) is 8.44. The van der Waals surface area contributed by atoms with Gasteiger partial charge in [-0.15, -0.1) is 11.8 Å². The van der Waals surface area contributed by atoms with Gasteiger partial charge in [0, 0.05) is 17.1 Å². The van der Waals surface area contributed by atoms with Crippen molar-refractivity contribution < 1.29 is 14.3 Å². The number of anilines is 1. The molecule has 0 N–H and O–H groups in total. The van der Waals surface area contributed by atoms with Gasteiger partial charge in [0.25, 0.3) is 5.91 Å². The summed E-state index contributed by atoms with van der Waals surface area (Å²) in [5, 5.41) is 0.716. The molecule has 4 rings (SSSR count). The fourth-order valence-corrected chi connectivity index (χ4v) is 4.95. The minimum atomic E-state index is -0.0667. The van der Waals surface area contributed by atoms with Crippen molar-refractivity contribution in [1.29, 1.82) is 0 Å². The largest absolute Gasteiger partial charge is 0.497 e. The maximum atomic E-state index is 13.4. The minimum Gasteiger partial charge on any atom is -0.497 e. The number of methoxy groups -OCH3 is 1. The van der Waals surface area contributed by atoms with Gasteiger partial charge in [0.15, 0.2) is 5.13 Å². The molecular formula is C21H22N2O3S2. The zero-order valence-electron chi connectivity index (χ0n) is 15.9. The molecule has 1 aliphatic rings.